The van der Waals surface area contributed by atoms with Gasteiger partial charge < -0.3 is 38.8 Å². The third kappa shape index (κ3) is 6.59. The molecular weight excluding hydrogens is 723 g/mol. The molecule has 1 N–H and O–H groups in total. The van der Waals surface area contributed by atoms with Gasteiger partial charge in [0, 0.05) is 38.0 Å². The summed E-state index contributed by atoms with van der Waals surface area (Å²) in [4.78, 5) is 43.0. The molecule has 57 heavy (non-hydrogen) atoms. The van der Waals surface area contributed by atoms with E-state index in [9.17, 15) is 14.7 Å². The van der Waals surface area contributed by atoms with Crippen LogP contribution in [0.2, 0.25) is 0 Å². The Kier molecular flexibility index (Phi) is 9.49. The number of amides is 2. The van der Waals surface area contributed by atoms with Crippen LogP contribution in [0.1, 0.15) is 61.3 Å². The molecule has 3 atom stereocenters. The number of likely N-dealkylation sites (N-methyl/N-ethyl adjacent to an activating group) is 1. The SMILES string of the molecule is CCN1c2cc(OCc3cccc(COc4cc5c(cc4OC)C(=O)N4Cc6ccccc6C[C@H]4C=N5)n3)c(OC)cc2C(=O)N2Cc3ccccc3C[C@H]2C1O. The summed E-state index contributed by atoms with van der Waals surface area (Å²) in [5, 5.41) is 11.7. The lowest BCUT2D eigenvalue weighted by atomic mass is 9.92. The van der Waals surface area contributed by atoms with E-state index in [0.29, 0.717) is 89.4 Å². The van der Waals surface area contributed by atoms with E-state index in [4.69, 9.17) is 28.9 Å². The Balaban J connectivity index is 0.918. The minimum absolute atomic E-state index is 0.0979. The predicted octanol–water partition coefficient (Wildman–Crippen LogP) is 6.27. The zero-order valence-corrected chi connectivity index (χ0v) is 32.1. The molecule has 0 radical (unpaired) electrons. The minimum Gasteiger partial charge on any atom is -0.493 e. The van der Waals surface area contributed by atoms with E-state index < -0.39 is 12.3 Å². The number of aliphatic hydroxyl groups excluding tert-OH is 1. The third-order valence-electron chi connectivity index (χ3n) is 11.4. The summed E-state index contributed by atoms with van der Waals surface area (Å²) in [6.07, 6.45) is 2.20. The van der Waals surface area contributed by atoms with E-state index in [2.05, 4.69) is 18.2 Å². The Morgan fingerprint density at radius 3 is 1.91 bits per heavy atom. The largest absolute Gasteiger partial charge is 0.493 e. The molecule has 0 fully saturated rings. The van der Waals surface area contributed by atoms with Gasteiger partial charge in [-0.3, -0.25) is 19.6 Å². The highest BCUT2D eigenvalue weighted by Gasteiger charge is 2.42. The number of carbonyl (C=O) groups excluding carboxylic acids is 2. The average Bonchev–Trinajstić information content (AvgIpc) is 3.42. The number of fused-ring (bicyclic) bond motifs is 6. The lowest BCUT2D eigenvalue weighted by Crippen LogP contribution is -2.54. The Labute approximate surface area is 330 Å². The molecule has 0 saturated carbocycles. The zero-order valence-electron chi connectivity index (χ0n) is 32.1. The maximum absolute atomic E-state index is 14.1. The molecule has 12 nitrogen and oxygen atoms in total. The number of methoxy groups -OCH3 is 2. The molecular formula is C45H43N5O7. The van der Waals surface area contributed by atoms with Gasteiger partial charge in [0.15, 0.2) is 23.0 Å². The van der Waals surface area contributed by atoms with Crippen LogP contribution in [0.5, 0.6) is 23.0 Å². The number of aromatic nitrogens is 1. The number of hydrogen-bond acceptors (Lipinski definition) is 10. The van der Waals surface area contributed by atoms with Crippen molar-refractivity contribution in [3.05, 3.63) is 136 Å². The van der Waals surface area contributed by atoms with Crippen LogP contribution >= 0.6 is 0 Å². The molecule has 4 aliphatic rings. The number of anilines is 1. The standard InChI is InChI=1S/C45H43N5O7/c1-4-48-37-21-42(40(55-3)19-35(37)44(52)50-24-30-13-8-6-11-28(30)17-38(50)45(48)53)57-26-32-15-9-14-31(47-32)25-56-41-20-36-34(18-39(41)54-2)43(51)49-23-29-12-7-5-10-27(29)16-33(49)22-46-36/h5-15,18-22,33,38,45,53H,4,16-17,23-26H2,1-3H3/t33-,38-,45?/m0/s1. The van der Waals surface area contributed by atoms with Gasteiger partial charge in [-0.2, -0.15) is 0 Å². The van der Waals surface area contributed by atoms with E-state index in [1.165, 1.54) is 5.56 Å². The van der Waals surface area contributed by atoms with Crippen molar-refractivity contribution in [2.75, 3.05) is 25.7 Å². The van der Waals surface area contributed by atoms with Crippen LogP contribution in [0, 0.1) is 0 Å². The highest BCUT2D eigenvalue weighted by atomic mass is 16.5. The van der Waals surface area contributed by atoms with E-state index in [0.717, 1.165) is 16.7 Å². The summed E-state index contributed by atoms with van der Waals surface area (Å²) >= 11 is 0. The van der Waals surface area contributed by atoms with Crippen LogP contribution in [0.4, 0.5) is 11.4 Å². The Morgan fingerprint density at radius 1 is 0.684 bits per heavy atom. The molecule has 5 aromatic rings. The summed E-state index contributed by atoms with van der Waals surface area (Å²) in [7, 11) is 3.09. The fourth-order valence-corrected chi connectivity index (χ4v) is 8.45. The molecule has 5 heterocycles. The third-order valence-corrected chi connectivity index (χ3v) is 11.4. The molecule has 2 amide bonds. The van der Waals surface area contributed by atoms with Crippen molar-refractivity contribution in [1.29, 1.82) is 0 Å². The number of benzene rings is 4. The first-order valence-corrected chi connectivity index (χ1v) is 19.2. The van der Waals surface area contributed by atoms with Gasteiger partial charge in [-0.15, -0.1) is 0 Å². The molecule has 0 bridgehead atoms. The van der Waals surface area contributed by atoms with Crippen LogP contribution in [-0.2, 0) is 39.1 Å². The van der Waals surface area contributed by atoms with Gasteiger partial charge in [-0.05, 0) is 66.3 Å². The number of pyridine rings is 1. The summed E-state index contributed by atoms with van der Waals surface area (Å²) in [6, 6.07) is 28.2. The molecule has 0 aliphatic carbocycles. The van der Waals surface area contributed by atoms with Crippen molar-refractivity contribution in [2.24, 2.45) is 4.99 Å². The second-order valence-corrected chi connectivity index (χ2v) is 14.7. The van der Waals surface area contributed by atoms with Gasteiger partial charge in [0.2, 0.25) is 0 Å². The van der Waals surface area contributed by atoms with Crippen LogP contribution < -0.4 is 23.8 Å². The number of carbonyl (C=O) groups is 2. The number of aliphatic imine (C=N–C) groups is 1. The second kappa shape index (κ2) is 14.9. The number of rotatable bonds is 9. The molecule has 1 unspecified atom stereocenters. The fraction of sp³-hybridized carbons (Fsp3) is 0.289. The summed E-state index contributed by atoms with van der Waals surface area (Å²) in [5.41, 5.74) is 7.91. The van der Waals surface area contributed by atoms with Gasteiger partial charge in [0.1, 0.15) is 19.4 Å². The first-order valence-electron chi connectivity index (χ1n) is 19.2. The van der Waals surface area contributed by atoms with Gasteiger partial charge in [0.05, 0.1) is 60.2 Å². The van der Waals surface area contributed by atoms with E-state index >= 15 is 0 Å². The Bertz CT molecular complexity index is 2420. The topological polar surface area (TPSA) is 126 Å². The summed E-state index contributed by atoms with van der Waals surface area (Å²) in [5.74, 6) is 1.43. The molecule has 4 aliphatic heterocycles. The molecule has 9 rings (SSSR count). The fourth-order valence-electron chi connectivity index (χ4n) is 8.45. The summed E-state index contributed by atoms with van der Waals surface area (Å²) < 4.78 is 24.0. The smallest absolute Gasteiger partial charge is 0.257 e. The van der Waals surface area contributed by atoms with Crippen LogP contribution in [0.3, 0.4) is 0 Å². The predicted molar refractivity (Wildman–Crippen MR) is 214 cm³/mol. The van der Waals surface area contributed by atoms with Crippen LogP contribution in [0.15, 0.2) is 96.0 Å². The number of ether oxygens (including phenoxy) is 4. The molecule has 1 aromatic heterocycles. The second-order valence-electron chi connectivity index (χ2n) is 14.7. The maximum Gasteiger partial charge on any atom is 0.257 e. The first kappa shape index (κ1) is 36.3. The van der Waals surface area contributed by atoms with Crippen molar-refractivity contribution in [3.63, 3.8) is 0 Å². The van der Waals surface area contributed by atoms with Crippen molar-refractivity contribution < 1.29 is 33.6 Å². The van der Waals surface area contributed by atoms with E-state index in [1.807, 2.05) is 71.5 Å². The molecule has 4 aromatic carbocycles. The normalized spacial score (nSPS) is 19.2. The highest BCUT2D eigenvalue weighted by molar-refractivity contribution is 6.04. The van der Waals surface area contributed by atoms with Crippen LogP contribution in [-0.4, -0.2) is 77.0 Å². The maximum atomic E-state index is 14.1. The monoisotopic (exact) mass is 765 g/mol. The highest BCUT2D eigenvalue weighted by Crippen LogP contribution is 2.42. The lowest BCUT2D eigenvalue weighted by Gasteiger charge is -2.40. The van der Waals surface area contributed by atoms with E-state index in [1.54, 1.807) is 43.4 Å². The average molecular weight is 766 g/mol. The van der Waals surface area contributed by atoms with Crippen LogP contribution in [0.25, 0.3) is 0 Å². The Hall–Kier alpha value is -6.40. The minimum atomic E-state index is -0.918. The van der Waals surface area contributed by atoms with Crippen molar-refractivity contribution in [3.8, 4) is 23.0 Å². The number of nitrogens with zero attached hydrogens (tertiary/aromatic N) is 5. The van der Waals surface area contributed by atoms with Gasteiger partial charge >= 0.3 is 0 Å². The lowest BCUT2D eigenvalue weighted by molar-refractivity contribution is 0.0313. The molecule has 0 spiro atoms. The zero-order chi connectivity index (χ0) is 39.2. The molecule has 290 valence electrons. The number of aliphatic hydroxyl groups is 1. The quantitative estimate of drug-likeness (QED) is 0.185. The van der Waals surface area contributed by atoms with Gasteiger partial charge in [0.25, 0.3) is 11.8 Å². The first-order chi connectivity index (χ1) is 27.8. The molecule has 12 heteroatoms. The molecule has 0 saturated heterocycles. The van der Waals surface area contributed by atoms with Crippen molar-refractivity contribution >= 4 is 29.4 Å². The Morgan fingerprint density at radius 2 is 1.26 bits per heavy atom. The summed E-state index contributed by atoms with van der Waals surface area (Å²) in [6.45, 7) is 3.61. The van der Waals surface area contributed by atoms with Gasteiger partial charge in [-0.25, -0.2) is 0 Å². The van der Waals surface area contributed by atoms with Crippen molar-refractivity contribution in [2.45, 2.75) is 64.4 Å². The number of hydrogen-bond donors (Lipinski definition) is 1. The van der Waals surface area contributed by atoms with Gasteiger partial charge in [-0.1, -0.05) is 54.6 Å². The van der Waals surface area contributed by atoms with E-state index in [-0.39, 0.29) is 31.1 Å². The van der Waals surface area contributed by atoms with Crippen molar-refractivity contribution in [1.82, 2.24) is 14.8 Å².